The van der Waals surface area contributed by atoms with Gasteiger partial charge in [-0.15, -0.1) is 12.4 Å². The average molecular weight is 178 g/mol. The van der Waals surface area contributed by atoms with E-state index in [-0.39, 0.29) is 12.4 Å². The van der Waals surface area contributed by atoms with Gasteiger partial charge in [0, 0.05) is 12.1 Å². The van der Waals surface area contributed by atoms with Crippen molar-refractivity contribution in [1.82, 2.24) is 5.32 Å². The lowest BCUT2D eigenvalue weighted by Gasteiger charge is -2.11. The molecule has 0 aromatic carbocycles. The molecule has 0 spiro atoms. The van der Waals surface area contributed by atoms with Gasteiger partial charge in [0.25, 0.3) is 0 Å². The third-order valence-electron chi connectivity index (χ3n) is 2.09. The molecule has 1 saturated carbocycles. The molecule has 1 nitrogen and oxygen atoms in total. The first-order valence-electron chi connectivity index (χ1n) is 4.59. The molecule has 1 N–H and O–H groups in total. The zero-order valence-corrected chi connectivity index (χ0v) is 8.41. The van der Waals surface area contributed by atoms with Gasteiger partial charge in [-0.25, -0.2) is 0 Å². The molecule has 0 heterocycles. The van der Waals surface area contributed by atoms with Gasteiger partial charge in [-0.2, -0.15) is 0 Å². The second-order valence-electron chi connectivity index (χ2n) is 3.48. The number of hydrogen-bond acceptors (Lipinski definition) is 1. The maximum atomic E-state index is 3.59. The van der Waals surface area contributed by atoms with E-state index in [1.807, 2.05) is 0 Å². The minimum atomic E-state index is 0. The Labute approximate surface area is 76.4 Å². The molecule has 0 bridgehead atoms. The Bertz CT molecular complexity index is 91.6. The fourth-order valence-corrected chi connectivity index (χ4v) is 1.25. The van der Waals surface area contributed by atoms with Gasteiger partial charge in [-0.3, -0.25) is 0 Å². The molecule has 0 aromatic heterocycles. The van der Waals surface area contributed by atoms with E-state index in [0.717, 1.165) is 12.1 Å². The van der Waals surface area contributed by atoms with Gasteiger partial charge in [0.2, 0.25) is 0 Å². The Hall–Kier alpha value is 0.250. The predicted octanol–water partition coefficient (Wildman–Crippen LogP) is 2.74. The van der Waals surface area contributed by atoms with Crippen LogP contribution in [0.25, 0.3) is 0 Å². The number of halogens is 1. The van der Waals surface area contributed by atoms with Gasteiger partial charge < -0.3 is 5.32 Å². The lowest BCUT2D eigenvalue weighted by molar-refractivity contribution is 0.493. The van der Waals surface area contributed by atoms with Gasteiger partial charge in [-0.05, 0) is 26.2 Å². The van der Waals surface area contributed by atoms with Gasteiger partial charge in [0.15, 0.2) is 0 Å². The van der Waals surface area contributed by atoms with E-state index in [0.29, 0.717) is 0 Å². The van der Waals surface area contributed by atoms with E-state index in [2.05, 4.69) is 19.2 Å². The monoisotopic (exact) mass is 177 g/mol. The van der Waals surface area contributed by atoms with Gasteiger partial charge in [0.1, 0.15) is 0 Å². The first-order valence-corrected chi connectivity index (χ1v) is 4.59. The zero-order valence-electron chi connectivity index (χ0n) is 7.60. The van der Waals surface area contributed by atoms with Crippen LogP contribution in [0.15, 0.2) is 0 Å². The van der Waals surface area contributed by atoms with Crippen LogP contribution in [0.3, 0.4) is 0 Å². The summed E-state index contributed by atoms with van der Waals surface area (Å²) in [6.45, 7) is 4.55. The second-order valence-corrected chi connectivity index (χ2v) is 3.48. The van der Waals surface area contributed by atoms with Gasteiger partial charge in [-0.1, -0.05) is 19.8 Å². The third-order valence-corrected chi connectivity index (χ3v) is 2.09. The molecule has 11 heavy (non-hydrogen) atoms. The van der Waals surface area contributed by atoms with Crippen LogP contribution >= 0.6 is 12.4 Å². The van der Waals surface area contributed by atoms with Crippen molar-refractivity contribution in [2.75, 3.05) is 0 Å². The summed E-state index contributed by atoms with van der Waals surface area (Å²) in [4.78, 5) is 0. The van der Waals surface area contributed by atoms with E-state index in [9.17, 15) is 0 Å². The highest BCUT2D eigenvalue weighted by Gasteiger charge is 2.21. The molecule has 1 aliphatic rings. The fraction of sp³-hybridized carbons (Fsp3) is 1.00. The Morgan fingerprint density at radius 1 is 1.45 bits per heavy atom. The Kier molecular flexibility index (Phi) is 5.98. The molecular formula is C9H20ClN. The molecule has 1 rings (SSSR count). The summed E-state index contributed by atoms with van der Waals surface area (Å²) in [7, 11) is 0. The minimum absolute atomic E-state index is 0. The molecular weight excluding hydrogens is 158 g/mol. The van der Waals surface area contributed by atoms with Crippen LogP contribution in [0, 0.1) is 0 Å². The van der Waals surface area contributed by atoms with Crippen molar-refractivity contribution in [1.29, 1.82) is 0 Å². The van der Waals surface area contributed by atoms with Gasteiger partial charge >= 0.3 is 0 Å². The lowest BCUT2D eigenvalue weighted by Crippen LogP contribution is -2.27. The van der Waals surface area contributed by atoms with Crippen molar-refractivity contribution in [2.24, 2.45) is 0 Å². The quantitative estimate of drug-likeness (QED) is 0.681. The van der Waals surface area contributed by atoms with Crippen LogP contribution in [0.1, 0.15) is 46.0 Å². The summed E-state index contributed by atoms with van der Waals surface area (Å²) < 4.78 is 0. The predicted molar refractivity (Wildman–Crippen MR) is 52.4 cm³/mol. The SMILES string of the molecule is CCCCC(C)NC1CC1.Cl. The van der Waals surface area contributed by atoms with Crippen LogP contribution in [-0.4, -0.2) is 12.1 Å². The van der Waals surface area contributed by atoms with E-state index < -0.39 is 0 Å². The normalized spacial score (nSPS) is 19.1. The standard InChI is InChI=1S/C9H19N.ClH/c1-3-4-5-8(2)10-9-6-7-9;/h8-10H,3-7H2,1-2H3;1H. The van der Waals surface area contributed by atoms with E-state index in [4.69, 9.17) is 0 Å². The van der Waals surface area contributed by atoms with Crippen molar-refractivity contribution < 1.29 is 0 Å². The summed E-state index contributed by atoms with van der Waals surface area (Å²) >= 11 is 0. The van der Waals surface area contributed by atoms with Crippen LogP contribution < -0.4 is 5.32 Å². The number of rotatable bonds is 5. The highest BCUT2D eigenvalue weighted by molar-refractivity contribution is 5.85. The molecule has 0 saturated heterocycles. The van der Waals surface area contributed by atoms with E-state index in [1.165, 1.54) is 32.1 Å². The molecule has 0 aliphatic heterocycles. The maximum Gasteiger partial charge on any atom is 0.00706 e. The second kappa shape index (κ2) is 5.84. The Morgan fingerprint density at radius 2 is 2.09 bits per heavy atom. The zero-order chi connectivity index (χ0) is 7.40. The largest absolute Gasteiger partial charge is 0.312 e. The third kappa shape index (κ3) is 5.51. The average Bonchev–Trinajstić information content (AvgIpc) is 2.67. The first-order chi connectivity index (χ1) is 4.83. The number of unbranched alkanes of at least 4 members (excludes halogenated alkanes) is 1. The Balaban J connectivity index is 0.000001000. The highest BCUT2D eigenvalue weighted by Crippen LogP contribution is 2.20. The number of nitrogens with one attached hydrogen (secondary N) is 1. The molecule has 1 fully saturated rings. The molecule has 1 unspecified atom stereocenters. The smallest absolute Gasteiger partial charge is 0.00706 e. The number of hydrogen-bond donors (Lipinski definition) is 1. The lowest BCUT2D eigenvalue weighted by atomic mass is 10.1. The topological polar surface area (TPSA) is 12.0 Å². The first kappa shape index (κ1) is 11.2. The van der Waals surface area contributed by atoms with Crippen LogP contribution in [-0.2, 0) is 0 Å². The minimum Gasteiger partial charge on any atom is -0.312 e. The van der Waals surface area contributed by atoms with E-state index in [1.54, 1.807) is 0 Å². The van der Waals surface area contributed by atoms with Gasteiger partial charge in [0.05, 0.1) is 0 Å². The van der Waals surface area contributed by atoms with Crippen molar-refractivity contribution in [2.45, 2.75) is 58.0 Å². The summed E-state index contributed by atoms with van der Waals surface area (Å²) in [6.07, 6.45) is 6.89. The van der Waals surface area contributed by atoms with Crippen molar-refractivity contribution in [3.8, 4) is 0 Å². The summed E-state index contributed by atoms with van der Waals surface area (Å²) in [5.74, 6) is 0. The van der Waals surface area contributed by atoms with Crippen LogP contribution in [0.4, 0.5) is 0 Å². The molecule has 1 aliphatic carbocycles. The molecule has 0 radical (unpaired) electrons. The molecule has 0 aromatic rings. The molecule has 68 valence electrons. The molecule has 2 heteroatoms. The van der Waals surface area contributed by atoms with E-state index >= 15 is 0 Å². The van der Waals surface area contributed by atoms with Crippen LogP contribution in [0.5, 0.6) is 0 Å². The van der Waals surface area contributed by atoms with Crippen molar-refractivity contribution in [3.63, 3.8) is 0 Å². The molecule has 1 atom stereocenters. The maximum absolute atomic E-state index is 3.59. The summed E-state index contributed by atoms with van der Waals surface area (Å²) in [6, 6.07) is 1.64. The highest BCUT2D eigenvalue weighted by atomic mass is 35.5. The summed E-state index contributed by atoms with van der Waals surface area (Å²) in [5, 5.41) is 3.59. The van der Waals surface area contributed by atoms with Crippen molar-refractivity contribution in [3.05, 3.63) is 0 Å². The fourth-order valence-electron chi connectivity index (χ4n) is 1.25. The summed E-state index contributed by atoms with van der Waals surface area (Å²) in [5.41, 5.74) is 0. The van der Waals surface area contributed by atoms with Crippen LogP contribution in [0.2, 0.25) is 0 Å². The molecule has 0 amide bonds. The van der Waals surface area contributed by atoms with Crippen molar-refractivity contribution >= 4 is 12.4 Å². The Morgan fingerprint density at radius 3 is 2.55 bits per heavy atom.